The minimum Gasteiger partial charge on any atom is -0.381 e. The molecule has 3 heterocycles. The molecule has 3 aliphatic rings. The van der Waals surface area contributed by atoms with Gasteiger partial charge in [-0.2, -0.15) is 0 Å². The molecule has 7 heteroatoms. The first-order valence-corrected chi connectivity index (χ1v) is 10.8. The van der Waals surface area contributed by atoms with E-state index >= 15 is 0 Å². The standard InChI is InChI=1S/C22H28N4O3/c27-21(17-5-11-29-12-6-17)25-9-7-24(8-10-25)18-3-4-19-20(13-18)23-15-26(22(19)28)14-16-1-2-16/h3-4,13,15-17H,1-2,5-12,14H2. The molecule has 1 saturated carbocycles. The maximum absolute atomic E-state index is 12.7. The summed E-state index contributed by atoms with van der Waals surface area (Å²) in [6, 6.07) is 5.93. The number of nitrogens with zero attached hydrogens (tertiary/aromatic N) is 4. The number of anilines is 1. The molecule has 2 aliphatic heterocycles. The Hall–Kier alpha value is -2.41. The average Bonchev–Trinajstić information content (AvgIpc) is 3.60. The van der Waals surface area contributed by atoms with Crippen molar-refractivity contribution < 1.29 is 9.53 Å². The first-order valence-electron chi connectivity index (χ1n) is 10.8. The van der Waals surface area contributed by atoms with Gasteiger partial charge in [0.15, 0.2) is 0 Å². The van der Waals surface area contributed by atoms with Gasteiger partial charge in [0, 0.05) is 57.5 Å². The fourth-order valence-corrected chi connectivity index (χ4v) is 4.44. The third-order valence-corrected chi connectivity index (χ3v) is 6.49. The molecule has 7 nitrogen and oxygen atoms in total. The van der Waals surface area contributed by atoms with Crippen LogP contribution < -0.4 is 10.5 Å². The van der Waals surface area contributed by atoms with Gasteiger partial charge in [0.25, 0.3) is 5.56 Å². The molecule has 1 aliphatic carbocycles. The largest absolute Gasteiger partial charge is 0.381 e. The fraction of sp³-hybridized carbons (Fsp3) is 0.591. The lowest BCUT2D eigenvalue weighted by Gasteiger charge is -2.38. The van der Waals surface area contributed by atoms with Crippen molar-refractivity contribution >= 4 is 22.5 Å². The first-order chi connectivity index (χ1) is 14.2. The summed E-state index contributed by atoms with van der Waals surface area (Å²) in [6.07, 6.45) is 5.80. The van der Waals surface area contributed by atoms with E-state index in [1.807, 2.05) is 23.1 Å². The van der Waals surface area contributed by atoms with Gasteiger partial charge in [0.1, 0.15) is 0 Å². The summed E-state index contributed by atoms with van der Waals surface area (Å²) in [5, 5.41) is 0.685. The van der Waals surface area contributed by atoms with Crippen molar-refractivity contribution in [3.8, 4) is 0 Å². The molecule has 0 atom stereocenters. The van der Waals surface area contributed by atoms with Crippen LogP contribution in [-0.4, -0.2) is 59.8 Å². The molecule has 2 aromatic rings. The Labute approximate surface area is 170 Å². The van der Waals surface area contributed by atoms with E-state index in [1.165, 1.54) is 12.8 Å². The Morgan fingerprint density at radius 3 is 2.55 bits per heavy atom. The fourth-order valence-electron chi connectivity index (χ4n) is 4.44. The Kier molecular flexibility index (Phi) is 4.99. The van der Waals surface area contributed by atoms with Crippen molar-refractivity contribution in [1.82, 2.24) is 14.5 Å². The SMILES string of the molecule is O=C(C1CCOCC1)N1CCN(c2ccc3c(=O)n(CC4CC4)cnc3c2)CC1. The maximum Gasteiger partial charge on any atom is 0.261 e. The molecule has 5 rings (SSSR count). The molecular formula is C22H28N4O3. The van der Waals surface area contributed by atoms with Crippen LogP contribution in [0.5, 0.6) is 0 Å². The molecule has 2 saturated heterocycles. The zero-order valence-corrected chi connectivity index (χ0v) is 16.8. The predicted molar refractivity (Wildman–Crippen MR) is 111 cm³/mol. The molecule has 1 aromatic carbocycles. The van der Waals surface area contributed by atoms with E-state index in [4.69, 9.17) is 4.74 Å². The highest BCUT2D eigenvalue weighted by Crippen LogP contribution is 2.30. The van der Waals surface area contributed by atoms with Crippen LogP contribution in [0.2, 0.25) is 0 Å². The summed E-state index contributed by atoms with van der Waals surface area (Å²) >= 11 is 0. The van der Waals surface area contributed by atoms with E-state index in [1.54, 1.807) is 10.9 Å². The molecule has 0 unspecified atom stereocenters. The Balaban J connectivity index is 1.26. The van der Waals surface area contributed by atoms with Crippen molar-refractivity contribution in [3.63, 3.8) is 0 Å². The smallest absolute Gasteiger partial charge is 0.261 e. The van der Waals surface area contributed by atoms with E-state index in [9.17, 15) is 9.59 Å². The second kappa shape index (κ2) is 7.78. The summed E-state index contributed by atoms with van der Waals surface area (Å²) in [5.74, 6) is 1.05. The summed E-state index contributed by atoms with van der Waals surface area (Å²) in [7, 11) is 0. The number of hydrogen-bond donors (Lipinski definition) is 0. The number of carbonyl (C=O) groups excluding carboxylic acids is 1. The van der Waals surface area contributed by atoms with E-state index in [0.29, 0.717) is 24.5 Å². The molecule has 29 heavy (non-hydrogen) atoms. The van der Waals surface area contributed by atoms with Crippen LogP contribution in [0.4, 0.5) is 5.69 Å². The van der Waals surface area contributed by atoms with Crippen molar-refractivity contribution in [2.24, 2.45) is 11.8 Å². The molecule has 0 radical (unpaired) electrons. The number of piperazine rings is 1. The van der Waals surface area contributed by atoms with Crippen molar-refractivity contribution in [2.75, 3.05) is 44.3 Å². The molecule has 0 bridgehead atoms. The van der Waals surface area contributed by atoms with Gasteiger partial charge < -0.3 is 14.5 Å². The van der Waals surface area contributed by atoms with Gasteiger partial charge in [-0.15, -0.1) is 0 Å². The number of amides is 1. The molecule has 1 aromatic heterocycles. The average molecular weight is 396 g/mol. The van der Waals surface area contributed by atoms with Crippen molar-refractivity contribution in [2.45, 2.75) is 32.2 Å². The van der Waals surface area contributed by atoms with Crippen molar-refractivity contribution in [1.29, 1.82) is 0 Å². The van der Waals surface area contributed by atoms with Crippen LogP contribution in [0.3, 0.4) is 0 Å². The maximum atomic E-state index is 12.7. The quantitative estimate of drug-likeness (QED) is 0.789. The van der Waals surface area contributed by atoms with Crippen LogP contribution in [0.15, 0.2) is 29.3 Å². The molecule has 0 spiro atoms. The predicted octanol–water partition coefficient (Wildman–Crippen LogP) is 1.88. The van der Waals surface area contributed by atoms with Crippen LogP contribution in [0.25, 0.3) is 10.9 Å². The lowest BCUT2D eigenvalue weighted by atomic mass is 9.98. The van der Waals surface area contributed by atoms with Gasteiger partial charge in [-0.25, -0.2) is 4.98 Å². The highest BCUT2D eigenvalue weighted by Gasteiger charge is 2.29. The second-order valence-corrected chi connectivity index (χ2v) is 8.55. The number of benzene rings is 1. The minimum absolute atomic E-state index is 0.0559. The first kappa shape index (κ1) is 18.6. The summed E-state index contributed by atoms with van der Waals surface area (Å²) in [5.41, 5.74) is 1.88. The van der Waals surface area contributed by atoms with Gasteiger partial charge in [0.05, 0.1) is 17.2 Å². The minimum atomic E-state index is 0.0559. The van der Waals surface area contributed by atoms with Gasteiger partial charge in [-0.05, 0) is 49.8 Å². The van der Waals surface area contributed by atoms with E-state index in [2.05, 4.69) is 9.88 Å². The summed E-state index contributed by atoms with van der Waals surface area (Å²) in [4.78, 5) is 34.3. The molecule has 1 amide bonds. The van der Waals surface area contributed by atoms with Gasteiger partial charge >= 0.3 is 0 Å². The third-order valence-electron chi connectivity index (χ3n) is 6.49. The molecule has 154 valence electrons. The summed E-state index contributed by atoms with van der Waals surface area (Å²) in [6.45, 7) is 5.27. The molecule has 3 fully saturated rings. The van der Waals surface area contributed by atoms with Gasteiger partial charge in [0.2, 0.25) is 5.91 Å². The highest BCUT2D eigenvalue weighted by molar-refractivity contribution is 5.82. The zero-order valence-electron chi connectivity index (χ0n) is 16.8. The summed E-state index contributed by atoms with van der Waals surface area (Å²) < 4.78 is 7.13. The number of carbonyl (C=O) groups is 1. The zero-order chi connectivity index (χ0) is 19.8. The van der Waals surface area contributed by atoms with E-state index in [-0.39, 0.29) is 17.4 Å². The number of fused-ring (bicyclic) bond motifs is 1. The van der Waals surface area contributed by atoms with Crippen LogP contribution in [0.1, 0.15) is 25.7 Å². The Morgan fingerprint density at radius 1 is 1.07 bits per heavy atom. The van der Waals surface area contributed by atoms with Gasteiger partial charge in [-0.1, -0.05) is 0 Å². The van der Waals surface area contributed by atoms with Crippen LogP contribution in [-0.2, 0) is 16.1 Å². The number of ether oxygens (including phenoxy) is 1. The van der Waals surface area contributed by atoms with Crippen molar-refractivity contribution in [3.05, 3.63) is 34.9 Å². The lowest BCUT2D eigenvalue weighted by molar-refractivity contribution is -0.138. The number of rotatable bonds is 4. The molecular weight excluding hydrogens is 368 g/mol. The Bertz CT molecular complexity index is 954. The van der Waals surface area contributed by atoms with Crippen LogP contribution >= 0.6 is 0 Å². The van der Waals surface area contributed by atoms with Crippen LogP contribution in [0, 0.1) is 11.8 Å². The highest BCUT2D eigenvalue weighted by atomic mass is 16.5. The third kappa shape index (κ3) is 3.88. The number of hydrogen-bond acceptors (Lipinski definition) is 5. The van der Waals surface area contributed by atoms with E-state index < -0.39 is 0 Å². The molecule has 0 N–H and O–H groups in total. The number of aromatic nitrogens is 2. The Morgan fingerprint density at radius 2 is 1.83 bits per heavy atom. The van der Waals surface area contributed by atoms with E-state index in [0.717, 1.165) is 56.8 Å². The second-order valence-electron chi connectivity index (χ2n) is 8.55. The van der Waals surface area contributed by atoms with Gasteiger partial charge in [-0.3, -0.25) is 14.2 Å². The lowest BCUT2D eigenvalue weighted by Crippen LogP contribution is -2.51. The normalized spacial score (nSPS) is 21.0. The topological polar surface area (TPSA) is 67.7 Å². The monoisotopic (exact) mass is 396 g/mol.